The maximum Gasteiger partial charge on any atom is 0.0699 e. The van der Waals surface area contributed by atoms with Crippen LogP contribution in [0.2, 0.25) is 0 Å². The van der Waals surface area contributed by atoms with Gasteiger partial charge in [-0.3, -0.25) is 4.84 Å². The summed E-state index contributed by atoms with van der Waals surface area (Å²) in [7, 11) is 0. The Morgan fingerprint density at radius 3 is 2.67 bits per heavy atom. The zero-order valence-corrected chi connectivity index (χ0v) is 6.69. The van der Waals surface area contributed by atoms with Crippen LogP contribution in [0.15, 0.2) is 0 Å². The second-order valence-corrected chi connectivity index (χ2v) is 1.58. The molecule has 0 radical (unpaired) electrons. The molecule has 1 aliphatic heterocycles. The monoisotopic (exact) mass is 174 g/mol. The maximum absolute atomic E-state index is 4.83. The fourth-order valence-electron chi connectivity index (χ4n) is 0.541. The van der Waals surface area contributed by atoms with Crippen LogP contribution < -0.4 is 11.0 Å². The molecule has 9 heavy (non-hydrogen) atoms. The van der Waals surface area contributed by atoms with E-state index in [2.05, 4.69) is 11.0 Å². The summed E-state index contributed by atoms with van der Waals surface area (Å²) in [6.07, 6.45) is 2.35. The third-order valence-electron chi connectivity index (χ3n) is 0.943. The van der Waals surface area contributed by atoms with Crippen molar-refractivity contribution in [2.24, 2.45) is 0 Å². The quantitative estimate of drug-likeness (QED) is 0.567. The third kappa shape index (κ3) is 6.34. The molecule has 0 atom stereocenters. The van der Waals surface area contributed by atoms with Crippen LogP contribution in [0.25, 0.3) is 0 Å². The summed E-state index contributed by atoms with van der Waals surface area (Å²) in [5.74, 6) is 0. The van der Waals surface area contributed by atoms with E-state index in [1.165, 1.54) is 6.42 Å². The summed E-state index contributed by atoms with van der Waals surface area (Å²) in [5.41, 5.74) is 5.47. The van der Waals surface area contributed by atoms with E-state index in [1.54, 1.807) is 0 Å². The van der Waals surface area contributed by atoms with Crippen molar-refractivity contribution in [3.05, 3.63) is 0 Å². The van der Waals surface area contributed by atoms with Crippen molar-refractivity contribution in [3.63, 3.8) is 0 Å². The van der Waals surface area contributed by atoms with Gasteiger partial charge in [-0.25, -0.2) is 5.43 Å². The molecule has 1 saturated heterocycles. The summed E-state index contributed by atoms with van der Waals surface area (Å²) in [6, 6.07) is 0. The molecular weight excluding hydrogens is 163 g/mol. The second kappa shape index (κ2) is 8.46. The summed E-state index contributed by atoms with van der Waals surface area (Å²) in [4.78, 5) is 4.83. The van der Waals surface area contributed by atoms with Gasteiger partial charge in [0.2, 0.25) is 0 Å². The van der Waals surface area contributed by atoms with Gasteiger partial charge in [0.05, 0.1) is 6.61 Å². The molecule has 0 aromatic carbocycles. The van der Waals surface area contributed by atoms with Crippen LogP contribution in [-0.2, 0) is 4.84 Å². The van der Waals surface area contributed by atoms with Crippen LogP contribution in [0.4, 0.5) is 0 Å². The Balaban J connectivity index is 0. The van der Waals surface area contributed by atoms with Gasteiger partial charge in [0.1, 0.15) is 0 Å². The molecule has 1 rings (SSSR count). The van der Waals surface area contributed by atoms with Crippen molar-refractivity contribution in [2.75, 3.05) is 13.2 Å². The number of hydrogen-bond donors (Lipinski definition) is 2. The lowest BCUT2D eigenvalue weighted by Gasteiger charge is -1.96. The summed E-state index contributed by atoms with van der Waals surface area (Å²) in [5, 5.41) is 0. The van der Waals surface area contributed by atoms with E-state index >= 15 is 0 Å². The first-order valence-electron chi connectivity index (χ1n) is 2.60. The van der Waals surface area contributed by atoms with Crippen molar-refractivity contribution in [2.45, 2.75) is 12.8 Å². The van der Waals surface area contributed by atoms with Crippen LogP contribution >= 0.6 is 24.8 Å². The fraction of sp³-hybridized carbons (Fsp3) is 1.00. The first-order chi connectivity index (χ1) is 3.50. The predicted octanol–water partition coefficient (Wildman–Crippen LogP) is 0.650. The van der Waals surface area contributed by atoms with Gasteiger partial charge >= 0.3 is 0 Å². The van der Waals surface area contributed by atoms with Gasteiger partial charge in [0.15, 0.2) is 0 Å². The fourth-order valence-corrected chi connectivity index (χ4v) is 0.541. The Kier molecular flexibility index (Phi) is 11.4. The van der Waals surface area contributed by atoms with Crippen LogP contribution in [0.3, 0.4) is 0 Å². The van der Waals surface area contributed by atoms with Crippen molar-refractivity contribution < 1.29 is 4.84 Å². The van der Waals surface area contributed by atoms with E-state index < -0.39 is 0 Å². The Labute approximate surface area is 67.3 Å². The summed E-state index contributed by atoms with van der Waals surface area (Å²) < 4.78 is 0. The van der Waals surface area contributed by atoms with Gasteiger partial charge in [-0.2, -0.15) is 0 Å². The number of hydrazine groups is 1. The minimum Gasteiger partial charge on any atom is -0.287 e. The highest BCUT2D eigenvalue weighted by Gasteiger charge is 1.92. The lowest BCUT2D eigenvalue weighted by molar-refractivity contribution is 0.0247. The van der Waals surface area contributed by atoms with Crippen LogP contribution in [-0.4, -0.2) is 13.2 Å². The Bertz CT molecular complexity index is 36.2. The van der Waals surface area contributed by atoms with E-state index in [9.17, 15) is 0 Å². The summed E-state index contributed by atoms with van der Waals surface area (Å²) >= 11 is 0. The van der Waals surface area contributed by atoms with Crippen LogP contribution in [0.1, 0.15) is 12.8 Å². The van der Waals surface area contributed by atoms with Crippen molar-refractivity contribution in [1.29, 1.82) is 0 Å². The zero-order valence-electron chi connectivity index (χ0n) is 5.05. The average molecular weight is 175 g/mol. The molecule has 0 unspecified atom stereocenters. The summed E-state index contributed by atoms with van der Waals surface area (Å²) in [6.45, 7) is 1.84. The minimum absolute atomic E-state index is 0. The molecular formula is C4H12Cl2N2O. The lowest BCUT2D eigenvalue weighted by atomic mass is 10.3. The number of hydrogen-bond acceptors (Lipinski definition) is 3. The number of nitrogens with one attached hydrogen (secondary N) is 2. The molecule has 1 heterocycles. The highest BCUT2D eigenvalue weighted by atomic mass is 35.5. The van der Waals surface area contributed by atoms with E-state index in [0.29, 0.717) is 0 Å². The number of halogens is 2. The standard InChI is InChI=1S/C4H10N2O.2ClH/c1-2-4-7-6-5-3-1;;/h5-6H,1-4H2;2*1H. The molecule has 0 spiro atoms. The molecule has 5 heteroatoms. The molecule has 0 bridgehead atoms. The molecule has 1 aliphatic rings. The van der Waals surface area contributed by atoms with E-state index in [1.807, 2.05) is 0 Å². The van der Waals surface area contributed by atoms with E-state index in [4.69, 9.17) is 4.84 Å². The van der Waals surface area contributed by atoms with Crippen LogP contribution in [0.5, 0.6) is 0 Å². The molecule has 0 aliphatic carbocycles. The van der Waals surface area contributed by atoms with Gasteiger partial charge < -0.3 is 0 Å². The van der Waals surface area contributed by atoms with Gasteiger partial charge in [-0.15, -0.1) is 30.4 Å². The molecule has 0 amide bonds. The SMILES string of the molecule is C1CCONNC1.Cl.Cl. The van der Waals surface area contributed by atoms with Gasteiger partial charge in [0, 0.05) is 6.54 Å². The highest BCUT2D eigenvalue weighted by molar-refractivity contribution is 5.85. The van der Waals surface area contributed by atoms with Crippen molar-refractivity contribution in [1.82, 2.24) is 11.0 Å². The Morgan fingerprint density at radius 1 is 1.11 bits per heavy atom. The van der Waals surface area contributed by atoms with Crippen molar-refractivity contribution >= 4 is 24.8 Å². The predicted molar refractivity (Wildman–Crippen MR) is 40.8 cm³/mol. The molecule has 1 fully saturated rings. The van der Waals surface area contributed by atoms with Gasteiger partial charge in [-0.05, 0) is 12.8 Å². The van der Waals surface area contributed by atoms with Crippen molar-refractivity contribution in [3.8, 4) is 0 Å². The van der Waals surface area contributed by atoms with Gasteiger partial charge in [0.25, 0.3) is 0 Å². The lowest BCUT2D eigenvalue weighted by Crippen LogP contribution is -2.29. The van der Waals surface area contributed by atoms with Crippen LogP contribution in [0, 0.1) is 0 Å². The molecule has 0 saturated carbocycles. The molecule has 58 valence electrons. The smallest absolute Gasteiger partial charge is 0.0699 e. The largest absolute Gasteiger partial charge is 0.287 e. The second-order valence-electron chi connectivity index (χ2n) is 1.58. The normalized spacial score (nSPS) is 18.7. The maximum atomic E-state index is 4.83. The Hall–Kier alpha value is 0.460. The third-order valence-corrected chi connectivity index (χ3v) is 0.943. The Morgan fingerprint density at radius 2 is 1.89 bits per heavy atom. The van der Waals surface area contributed by atoms with Gasteiger partial charge in [-0.1, -0.05) is 0 Å². The first kappa shape index (κ1) is 12.2. The minimum atomic E-state index is 0. The number of rotatable bonds is 0. The zero-order chi connectivity index (χ0) is 4.95. The molecule has 2 N–H and O–H groups in total. The van der Waals surface area contributed by atoms with E-state index in [-0.39, 0.29) is 24.8 Å². The highest BCUT2D eigenvalue weighted by Crippen LogP contribution is 1.88. The topological polar surface area (TPSA) is 33.3 Å². The molecule has 3 nitrogen and oxygen atoms in total. The molecule has 0 aromatic rings. The average Bonchev–Trinajstić information content (AvgIpc) is 1.90. The van der Waals surface area contributed by atoms with E-state index in [0.717, 1.165) is 19.6 Å². The first-order valence-corrected chi connectivity index (χ1v) is 2.60. The molecule has 0 aromatic heterocycles.